The fraction of sp³-hybridized carbons (Fsp3) is 0.417. The lowest BCUT2D eigenvalue weighted by Gasteiger charge is -2.14. The number of carbonyl (C=O) groups excluding carboxylic acids is 1. The standard InChI is InChI=1S/C12H16O2/c1-3-12(14-10(2)13)9-11-7-5-4-6-8-11/h4-8,12H,3,9H2,1-2H3/t12-/m1/s1. The Kier molecular flexibility index (Phi) is 4.17. The van der Waals surface area contributed by atoms with E-state index in [1.165, 1.54) is 12.5 Å². The van der Waals surface area contributed by atoms with Crippen LogP contribution in [0.15, 0.2) is 30.3 Å². The smallest absolute Gasteiger partial charge is 0.302 e. The van der Waals surface area contributed by atoms with Crippen LogP contribution in [0.3, 0.4) is 0 Å². The predicted molar refractivity (Wildman–Crippen MR) is 56.0 cm³/mol. The van der Waals surface area contributed by atoms with Gasteiger partial charge in [-0.25, -0.2) is 0 Å². The molecule has 0 unspecified atom stereocenters. The minimum Gasteiger partial charge on any atom is -0.462 e. The van der Waals surface area contributed by atoms with Crippen LogP contribution in [0.1, 0.15) is 25.8 Å². The van der Waals surface area contributed by atoms with Crippen LogP contribution in [0, 0.1) is 0 Å². The maximum atomic E-state index is 10.8. The molecule has 0 radical (unpaired) electrons. The fourth-order valence-electron chi connectivity index (χ4n) is 1.38. The molecule has 0 amide bonds. The Morgan fingerprint density at radius 1 is 1.36 bits per heavy atom. The number of benzene rings is 1. The van der Waals surface area contributed by atoms with E-state index in [0.717, 1.165) is 12.8 Å². The van der Waals surface area contributed by atoms with Crippen LogP contribution in [0.25, 0.3) is 0 Å². The van der Waals surface area contributed by atoms with E-state index < -0.39 is 0 Å². The second-order valence-electron chi connectivity index (χ2n) is 3.33. The van der Waals surface area contributed by atoms with Crippen LogP contribution in [0.2, 0.25) is 0 Å². The molecule has 1 aromatic rings. The summed E-state index contributed by atoms with van der Waals surface area (Å²) < 4.78 is 5.16. The van der Waals surface area contributed by atoms with E-state index in [2.05, 4.69) is 0 Å². The molecule has 0 saturated carbocycles. The summed E-state index contributed by atoms with van der Waals surface area (Å²) in [5, 5.41) is 0. The van der Waals surface area contributed by atoms with Gasteiger partial charge >= 0.3 is 5.97 Å². The van der Waals surface area contributed by atoms with Crippen LogP contribution >= 0.6 is 0 Å². The van der Waals surface area contributed by atoms with E-state index in [1.807, 2.05) is 37.3 Å². The van der Waals surface area contributed by atoms with Gasteiger partial charge in [0.1, 0.15) is 6.10 Å². The van der Waals surface area contributed by atoms with Crippen LogP contribution in [0.5, 0.6) is 0 Å². The minimum absolute atomic E-state index is 0.00917. The van der Waals surface area contributed by atoms with Crippen molar-refractivity contribution < 1.29 is 9.53 Å². The molecule has 0 aromatic heterocycles. The van der Waals surface area contributed by atoms with Gasteiger partial charge in [-0.1, -0.05) is 37.3 Å². The second-order valence-corrected chi connectivity index (χ2v) is 3.33. The minimum atomic E-state index is -0.201. The fourth-order valence-corrected chi connectivity index (χ4v) is 1.38. The van der Waals surface area contributed by atoms with Gasteiger partial charge in [-0.3, -0.25) is 4.79 Å². The third kappa shape index (κ3) is 3.60. The first kappa shape index (κ1) is 10.8. The molecule has 14 heavy (non-hydrogen) atoms. The lowest BCUT2D eigenvalue weighted by molar-refractivity contribution is -0.146. The van der Waals surface area contributed by atoms with E-state index in [0.29, 0.717) is 0 Å². The lowest BCUT2D eigenvalue weighted by atomic mass is 10.1. The van der Waals surface area contributed by atoms with Gasteiger partial charge in [0.15, 0.2) is 0 Å². The van der Waals surface area contributed by atoms with Gasteiger partial charge in [-0.15, -0.1) is 0 Å². The third-order valence-corrected chi connectivity index (χ3v) is 2.09. The normalized spacial score (nSPS) is 12.1. The number of carbonyl (C=O) groups is 1. The highest BCUT2D eigenvalue weighted by atomic mass is 16.5. The van der Waals surface area contributed by atoms with E-state index >= 15 is 0 Å². The second kappa shape index (κ2) is 5.43. The number of esters is 1. The van der Waals surface area contributed by atoms with Crippen molar-refractivity contribution in [2.45, 2.75) is 32.8 Å². The zero-order valence-electron chi connectivity index (χ0n) is 8.69. The third-order valence-electron chi connectivity index (χ3n) is 2.09. The first-order valence-corrected chi connectivity index (χ1v) is 4.93. The molecule has 2 nitrogen and oxygen atoms in total. The van der Waals surface area contributed by atoms with Gasteiger partial charge in [0.25, 0.3) is 0 Å². The SMILES string of the molecule is CC[C@H](Cc1ccccc1)OC(C)=O. The number of ether oxygens (including phenoxy) is 1. The van der Waals surface area contributed by atoms with Crippen molar-refractivity contribution in [2.75, 3.05) is 0 Å². The average molecular weight is 192 g/mol. The zero-order valence-corrected chi connectivity index (χ0v) is 8.69. The monoisotopic (exact) mass is 192 g/mol. The summed E-state index contributed by atoms with van der Waals surface area (Å²) in [4.78, 5) is 10.8. The molecular weight excluding hydrogens is 176 g/mol. The van der Waals surface area contributed by atoms with Gasteiger partial charge in [-0.05, 0) is 12.0 Å². The molecular formula is C12H16O2. The molecule has 2 heteroatoms. The molecule has 0 bridgehead atoms. The van der Waals surface area contributed by atoms with Crippen LogP contribution in [-0.4, -0.2) is 12.1 Å². The number of rotatable bonds is 4. The molecule has 0 saturated heterocycles. The van der Waals surface area contributed by atoms with Crippen LogP contribution in [-0.2, 0) is 16.0 Å². The molecule has 0 fully saturated rings. The zero-order chi connectivity index (χ0) is 10.4. The summed E-state index contributed by atoms with van der Waals surface area (Å²) in [6.07, 6.45) is 1.67. The van der Waals surface area contributed by atoms with Crippen molar-refractivity contribution in [3.8, 4) is 0 Å². The Morgan fingerprint density at radius 2 is 2.00 bits per heavy atom. The van der Waals surface area contributed by atoms with Gasteiger partial charge in [0.05, 0.1) is 0 Å². The summed E-state index contributed by atoms with van der Waals surface area (Å²) in [5.41, 5.74) is 1.21. The molecule has 1 rings (SSSR count). The average Bonchev–Trinajstić information content (AvgIpc) is 2.17. The summed E-state index contributed by atoms with van der Waals surface area (Å²) in [5.74, 6) is -0.201. The summed E-state index contributed by atoms with van der Waals surface area (Å²) in [6.45, 7) is 3.48. The quantitative estimate of drug-likeness (QED) is 0.685. The van der Waals surface area contributed by atoms with Crippen molar-refractivity contribution in [2.24, 2.45) is 0 Å². The van der Waals surface area contributed by atoms with Crippen molar-refractivity contribution in [3.63, 3.8) is 0 Å². The Labute approximate surface area is 84.9 Å². The Hall–Kier alpha value is -1.31. The van der Waals surface area contributed by atoms with Gasteiger partial charge in [-0.2, -0.15) is 0 Å². The van der Waals surface area contributed by atoms with Crippen molar-refractivity contribution in [3.05, 3.63) is 35.9 Å². The Bertz CT molecular complexity index is 280. The maximum Gasteiger partial charge on any atom is 0.302 e. The Morgan fingerprint density at radius 3 is 2.50 bits per heavy atom. The number of hydrogen-bond acceptors (Lipinski definition) is 2. The topological polar surface area (TPSA) is 26.3 Å². The molecule has 0 N–H and O–H groups in total. The molecule has 0 heterocycles. The highest BCUT2D eigenvalue weighted by Gasteiger charge is 2.09. The lowest BCUT2D eigenvalue weighted by Crippen LogP contribution is -2.17. The Balaban J connectivity index is 2.53. The molecule has 0 aliphatic heterocycles. The highest BCUT2D eigenvalue weighted by Crippen LogP contribution is 2.08. The highest BCUT2D eigenvalue weighted by molar-refractivity contribution is 5.66. The van der Waals surface area contributed by atoms with Gasteiger partial charge < -0.3 is 4.74 Å². The largest absolute Gasteiger partial charge is 0.462 e. The number of hydrogen-bond donors (Lipinski definition) is 0. The summed E-state index contributed by atoms with van der Waals surface area (Å²) in [6, 6.07) is 10.1. The van der Waals surface area contributed by atoms with E-state index in [1.54, 1.807) is 0 Å². The molecule has 0 spiro atoms. The predicted octanol–water partition coefficient (Wildman–Crippen LogP) is 2.57. The molecule has 0 aliphatic rings. The van der Waals surface area contributed by atoms with Crippen molar-refractivity contribution in [1.82, 2.24) is 0 Å². The first-order valence-electron chi connectivity index (χ1n) is 4.93. The van der Waals surface area contributed by atoms with Crippen molar-refractivity contribution >= 4 is 5.97 Å². The molecule has 0 aliphatic carbocycles. The van der Waals surface area contributed by atoms with Crippen LogP contribution in [0.4, 0.5) is 0 Å². The maximum absolute atomic E-state index is 10.8. The molecule has 1 aromatic carbocycles. The molecule has 1 atom stereocenters. The first-order chi connectivity index (χ1) is 6.72. The van der Waals surface area contributed by atoms with Crippen LogP contribution < -0.4 is 0 Å². The van der Waals surface area contributed by atoms with Gasteiger partial charge in [0.2, 0.25) is 0 Å². The van der Waals surface area contributed by atoms with Gasteiger partial charge in [0, 0.05) is 13.3 Å². The van der Waals surface area contributed by atoms with Crippen molar-refractivity contribution in [1.29, 1.82) is 0 Å². The van der Waals surface area contributed by atoms with E-state index in [-0.39, 0.29) is 12.1 Å². The van der Waals surface area contributed by atoms with E-state index in [4.69, 9.17) is 4.74 Å². The molecule has 76 valence electrons. The summed E-state index contributed by atoms with van der Waals surface area (Å²) in [7, 11) is 0. The van der Waals surface area contributed by atoms with E-state index in [9.17, 15) is 4.79 Å². The summed E-state index contributed by atoms with van der Waals surface area (Å²) >= 11 is 0.